The summed E-state index contributed by atoms with van der Waals surface area (Å²) in [5.74, 6) is -2.69. The van der Waals surface area contributed by atoms with E-state index in [4.69, 9.17) is 17.3 Å². The van der Waals surface area contributed by atoms with Crippen molar-refractivity contribution < 1.29 is 24.7 Å². The molecule has 5 N–H and O–H groups in total. The maximum atomic E-state index is 12.7. The van der Waals surface area contributed by atoms with E-state index < -0.39 is 34.9 Å². The van der Waals surface area contributed by atoms with E-state index in [9.17, 15) is 24.7 Å². The first-order valence-corrected chi connectivity index (χ1v) is 11.7. The zero-order valence-corrected chi connectivity index (χ0v) is 18.8. The van der Waals surface area contributed by atoms with Gasteiger partial charge in [-0.1, -0.05) is 22.8 Å². The first-order chi connectivity index (χ1) is 15.3. The van der Waals surface area contributed by atoms with Gasteiger partial charge in [-0.25, -0.2) is 9.78 Å². The molecule has 166 valence electrons. The Morgan fingerprint density at radius 1 is 1.41 bits per heavy atom. The lowest BCUT2D eigenvalue weighted by atomic mass is 10.0. The largest absolute Gasteiger partial charge is 0.477 e. The molecular weight excluding hydrogens is 502 g/mol. The molecule has 0 saturated carbocycles. The van der Waals surface area contributed by atoms with Gasteiger partial charge in [-0.2, -0.15) is 9.36 Å². The van der Waals surface area contributed by atoms with Gasteiger partial charge in [0.15, 0.2) is 5.13 Å². The fourth-order valence-corrected chi connectivity index (χ4v) is 5.65. The Bertz CT molecular complexity index is 1210. The second kappa shape index (κ2) is 8.85. The highest BCUT2D eigenvalue weighted by atomic mass is 35.5. The van der Waals surface area contributed by atoms with E-state index in [0.29, 0.717) is 15.6 Å². The molecule has 1 fully saturated rings. The number of allylic oxidation sites excluding steroid dienone is 1. The third-order valence-electron chi connectivity index (χ3n) is 4.44. The number of carbonyl (C=O) groups excluding carboxylic acids is 2. The van der Waals surface area contributed by atoms with Crippen LogP contribution in [0.4, 0.5) is 5.13 Å². The topological polar surface area (TPSA) is 184 Å². The Balaban J connectivity index is 1.53. The van der Waals surface area contributed by atoms with Gasteiger partial charge >= 0.3 is 5.97 Å². The number of β-lactam (4-membered cyclic amide) rings is 1. The zero-order valence-electron chi connectivity index (χ0n) is 15.6. The predicted molar refractivity (Wildman–Crippen MR) is 118 cm³/mol. The number of nitrogens with zero attached hydrogens (tertiary/aromatic N) is 5. The van der Waals surface area contributed by atoms with Crippen LogP contribution in [0.3, 0.4) is 0 Å². The molecule has 12 nitrogen and oxygen atoms in total. The van der Waals surface area contributed by atoms with Gasteiger partial charge in [0.1, 0.15) is 22.3 Å². The molecule has 32 heavy (non-hydrogen) atoms. The summed E-state index contributed by atoms with van der Waals surface area (Å²) in [5.41, 5.74) is 6.77. The highest BCUT2D eigenvalue weighted by Gasteiger charge is 2.54. The van der Waals surface area contributed by atoms with Crippen LogP contribution in [-0.4, -0.2) is 70.2 Å². The van der Waals surface area contributed by atoms with E-state index >= 15 is 0 Å². The summed E-state index contributed by atoms with van der Waals surface area (Å²) >= 11 is 9.33. The fraction of sp³-hybridized carbons (Fsp3) is 0.188. The number of rotatable bonds is 6. The number of amides is 2. The summed E-state index contributed by atoms with van der Waals surface area (Å²) in [4.78, 5) is 46.6. The lowest BCUT2D eigenvalue weighted by molar-refractivity contribution is -0.150. The molecule has 2 aliphatic rings. The normalized spacial score (nSPS) is 21.0. The minimum Gasteiger partial charge on any atom is -0.477 e. The maximum Gasteiger partial charge on any atom is 0.352 e. The third-order valence-corrected chi connectivity index (χ3v) is 7.49. The molecule has 0 spiro atoms. The number of oxime groups is 1. The molecule has 0 radical (unpaired) electrons. The number of nitrogens with two attached hydrogens (primary N) is 1. The highest BCUT2D eigenvalue weighted by molar-refractivity contribution is 8.00. The van der Waals surface area contributed by atoms with E-state index in [1.54, 1.807) is 17.7 Å². The van der Waals surface area contributed by atoms with Gasteiger partial charge in [0.05, 0.1) is 10.4 Å². The SMILES string of the molecule is Nc1nc(C(=NO)C(=O)NC2C(=O)N3C(C(=O)O)=C(C=Cc4scnc4Cl)CS[C@H]23)ns1. The van der Waals surface area contributed by atoms with Crippen molar-refractivity contribution in [2.75, 3.05) is 11.5 Å². The lowest BCUT2D eigenvalue weighted by Crippen LogP contribution is -2.71. The lowest BCUT2D eigenvalue weighted by Gasteiger charge is -2.49. The number of fused-ring (bicyclic) bond motifs is 1. The molecule has 0 aliphatic carbocycles. The number of aromatic nitrogens is 3. The molecule has 2 aliphatic heterocycles. The standard InChI is InChI=1S/C16H12ClN7O5S3/c17-10-6(31-4-19-10)2-1-5-3-30-14-8(13(26)24(14)9(5)15(27)28)20-12(25)7(22-29)11-21-16(18)32-23-11/h1-2,4,8,14,29H,3H2,(H,20,25)(H,27,28)(H2,18,21,23)/t8?,14-/m1/s1. The van der Waals surface area contributed by atoms with Crippen molar-refractivity contribution in [3.05, 3.63) is 38.7 Å². The number of nitrogen functional groups attached to an aromatic ring is 1. The van der Waals surface area contributed by atoms with Crippen LogP contribution in [0.5, 0.6) is 0 Å². The molecule has 4 heterocycles. The Morgan fingerprint density at radius 3 is 2.78 bits per heavy atom. The average Bonchev–Trinajstić information content (AvgIpc) is 3.37. The number of thiazole rings is 1. The molecule has 2 amide bonds. The predicted octanol–water partition coefficient (Wildman–Crippen LogP) is 0.861. The van der Waals surface area contributed by atoms with Crippen LogP contribution < -0.4 is 11.1 Å². The summed E-state index contributed by atoms with van der Waals surface area (Å²) in [6, 6.07) is -1.02. The van der Waals surface area contributed by atoms with Crippen LogP contribution in [-0.2, 0) is 14.4 Å². The molecule has 1 unspecified atom stereocenters. The number of hydrogen-bond acceptors (Lipinski definition) is 12. The molecule has 16 heteroatoms. The molecule has 0 aromatic carbocycles. The summed E-state index contributed by atoms with van der Waals surface area (Å²) in [6.07, 6.45) is 3.22. The maximum absolute atomic E-state index is 12.7. The quantitative estimate of drug-likeness (QED) is 0.187. The van der Waals surface area contributed by atoms with Crippen molar-refractivity contribution in [1.82, 2.24) is 24.6 Å². The van der Waals surface area contributed by atoms with E-state index in [2.05, 4.69) is 24.8 Å². The van der Waals surface area contributed by atoms with Crippen molar-refractivity contribution in [3.63, 3.8) is 0 Å². The van der Waals surface area contributed by atoms with Crippen LogP contribution in [0.1, 0.15) is 10.7 Å². The van der Waals surface area contributed by atoms with Gasteiger partial charge < -0.3 is 21.4 Å². The van der Waals surface area contributed by atoms with E-state index in [1.165, 1.54) is 23.1 Å². The minimum absolute atomic E-state index is 0.0686. The van der Waals surface area contributed by atoms with Crippen molar-refractivity contribution in [2.45, 2.75) is 11.4 Å². The second-order valence-corrected chi connectivity index (χ2v) is 9.42. The fourth-order valence-electron chi connectivity index (χ4n) is 3.03. The first-order valence-electron chi connectivity index (χ1n) is 8.62. The molecule has 1 saturated heterocycles. The molecule has 2 aromatic heterocycles. The van der Waals surface area contributed by atoms with Crippen molar-refractivity contribution >= 4 is 80.9 Å². The number of carbonyl (C=O) groups is 3. The molecule has 4 rings (SSSR count). The Morgan fingerprint density at radius 2 is 2.19 bits per heavy atom. The van der Waals surface area contributed by atoms with E-state index in [0.717, 1.165) is 16.4 Å². The van der Waals surface area contributed by atoms with Crippen molar-refractivity contribution in [2.24, 2.45) is 5.16 Å². The highest BCUT2D eigenvalue weighted by Crippen LogP contribution is 2.41. The van der Waals surface area contributed by atoms with Gasteiger partial charge in [0.2, 0.25) is 11.5 Å². The van der Waals surface area contributed by atoms with Crippen LogP contribution in [0.15, 0.2) is 28.0 Å². The second-order valence-electron chi connectivity index (χ2n) is 6.29. The van der Waals surface area contributed by atoms with E-state index in [1.807, 2.05) is 0 Å². The Kier molecular flexibility index (Phi) is 6.14. The Labute approximate surface area is 196 Å². The van der Waals surface area contributed by atoms with Crippen LogP contribution in [0, 0.1) is 0 Å². The minimum atomic E-state index is -1.27. The number of nitrogens with one attached hydrogen (secondary N) is 1. The number of carboxylic acid groups (broad SMARTS) is 1. The molecule has 2 atom stereocenters. The van der Waals surface area contributed by atoms with Crippen molar-refractivity contribution in [3.8, 4) is 0 Å². The monoisotopic (exact) mass is 513 g/mol. The first kappa shape index (κ1) is 22.2. The van der Waals surface area contributed by atoms with Crippen LogP contribution in [0.2, 0.25) is 5.15 Å². The molecule has 2 aromatic rings. The summed E-state index contributed by atoms with van der Waals surface area (Å²) in [5, 5.41) is 23.9. The number of halogens is 1. The number of thioether (sulfide) groups is 1. The summed E-state index contributed by atoms with van der Waals surface area (Å²) in [7, 11) is 0. The van der Waals surface area contributed by atoms with Gasteiger partial charge in [-0.15, -0.1) is 23.1 Å². The average molecular weight is 514 g/mol. The molecular formula is C16H12ClN7O5S3. The smallest absolute Gasteiger partial charge is 0.352 e. The van der Waals surface area contributed by atoms with Crippen LogP contribution >= 0.6 is 46.2 Å². The number of hydrogen-bond donors (Lipinski definition) is 4. The zero-order chi connectivity index (χ0) is 23.0. The summed E-state index contributed by atoms with van der Waals surface area (Å²) < 4.78 is 3.80. The number of anilines is 1. The van der Waals surface area contributed by atoms with Gasteiger partial charge in [-0.05, 0) is 11.6 Å². The van der Waals surface area contributed by atoms with E-state index in [-0.39, 0.29) is 22.4 Å². The third kappa shape index (κ3) is 3.94. The van der Waals surface area contributed by atoms with Crippen molar-refractivity contribution in [1.29, 1.82) is 0 Å². The number of carboxylic acids is 1. The number of aliphatic carboxylic acids is 1. The van der Waals surface area contributed by atoms with Gasteiger partial charge in [-0.3, -0.25) is 14.5 Å². The van der Waals surface area contributed by atoms with Gasteiger partial charge in [0.25, 0.3) is 11.8 Å². The summed E-state index contributed by atoms with van der Waals surface area (Å²) in [6.45, 7) is 0. The Hall–Kier alpha value is -3.01. The van der Waals surface area contributed by atoms with Gasteiger partial charge in [0, 0.05) is 17.3 Å². The van der Waals surface area contributed by atoms with Crippen LogP contribution in [0.25, 0.3) is 6.08 Å². The molecule has 0 bridgehead atoms.